The van der Waals surface area contributed by atoms with Crippen LogP contribution in [0.1, 0.15) is 44.3 Å². The molecule has 0 radical (unpaired) electrons. The molecule has 7 nitrogen and oxygen atoms in total. The van der Waals surface area contributed by atoms with Crippen LogP contribution in [0, 0.1) is 5.92 Å². The third kappa shape index (κ3) is 8.48. The largest absolute Gasteiger partial charge is 0.456 e. The van der Waals surface area contributed by atoms with Crippen LogP contribution in [0.3, 0.4) is 0 Å². The Labute approximate surface area is 171 Å². The first-order valence-electron chi connectivity index (χ1n) is 10.1. The molecule has 1 aromatic rings. The monoisotopic (exact) mass is 402 g/mol. The molecule has 2 amide bonds. The standard InChI is InChI=1S/C22H30N2O5/c1-2-28-14-13-23-20(25)15-18-11-7-4-8-12-21(26)29-19(16-24-22(18)27)17-9-5-3-6-10-17/h3-7,9-10,18-19H,2,8,11-16H2,1H3,(H,23,25)(H,24,27)/b7-4+/t18-,19-/m0/s1. The van der Waals surface area contributed by atoms with Crippen molar-refractivity contribution in [2.24, 2.45) is 5.92 Å². The Kier molecular flexibility index (Phi) is 9.92. The molecule has 0 aliphatic carbocycles. The average Bonchev–Trinajstić information content (AvgIpc) is 2.72. The topological polar surface area (TPSA) is 93.7 Å². The second-order valence-corrected chi connectivity index (χ2v) is 6.83. The first kappa shape index (κ1) is 22.6. The highest BCUT2D eigenvalue weighted by molar-refractivity contribution is 5.86. The second-order valence-electron chi connectivity index (χ2n) is 6.83. The molecule has 0 aromatic heterocycles. The summed E-state index contributed by atoms with van der Waals surface area (Å²) in [7, 11) is 0. The van der Waals surface area contributed by atoms with Crippen molar-refractivity contribution in [2.45, 2.75) is 38.7 Å². The van der Waals surface area contributed by atoms with Crippen LogP contribution in [0.25, 0.3) is 0 Å². The number of hydrogen-bond donors (Lipinski definition) is 2. The highest BCUT2D eigenvalue weighted by Crippen LogP contribution is 2.19. The lowest BCUT2D eigenvalue weighted by Gasteiger charge is -2.21. The SMILES string of the molecule is CCOCCNC(=O)C[C@@H]1C/C=C/CCC(=O)O[C@H](c2ccccc2)CNC1=O. The van der Waals surface area contributed by atoms with Crippen molar-refractivity contribution in [2.75, 3.05) is 26.3 Å². The summed E-state index contributed by atoms with van der Waals surface area (Å²) in [5.74, 6) is -1.20. The van der Waals surface area contributed by atoms with E-state index in [0.29, 0.717) is 32.6 Å². The molecular formula is C22H30N2O5. The maximum atomic E-state index is 12.7. The van der Waals surface area contributed by atoms with Crippen LogP contribution in [-0.4, -0.2) is 44.1 Å². The van der Waals surface area contributed by atoms with Crippen molar-refractivity contribution < 1.29 is 23.9 Å². The molecule has 0 spiro atoms. The minimum atomic E-state index is -0.559. The van der Waals surface area contributed by atoms with Gasteiger partial charge in [0.05, 0.1) is 19.1 Å². The van der Waals surface area contributed by atoms with Crippen molar-refractivity contribution in [1.29, 1.82) is 0 Å². The zero-order valence-electron chi connectivity index (χ0n) is 16.9. The van der Waals surface area contributed by atoms with Gasteiger partial charge in [-0.1, -0.05) is 42.5 Å². The van der Waals surface area contributed by atoms with E-state index in [0.717, 1.165) is 5.56 Å². The molecule has 1 aliphatic rings. The summed E-state index contributed by atoms with van der Waals surface area (Å²) >= 11 is 0. The van der Waals surface area contributed by atoms with E-state index in [1.54, 1.807) is 0 Å². The summed E-state index contributed by atoms with van der Waals surface area (Å²) in [6.07, 6.45) is 4.49. The Bertz CT molecular complexity index is 690. The van der Waals surface area contributed by atoms with Crippen LogP contribution in [0.2, 0.25) is 0 Å². The zero-order valence-corrected chi connectivity index (χ0v) is 16.9. The molecule has 1 heterocycles. The Morgan fingerprint density at radius 1 is 1.24 bits per heavy atom. The summed E-state index contributed by atoms with van der Waals surface area (Å²) in [6.45, 7) is 3.52. The number of benzene rings is 1. The molecule has 0 unspecified atom stereocenters. The molecule has 0 bridgehead atoms. The van der Waals surface area contributed by atoms with Gasteiger partial charge < -0.3 is 20.1 Å². The second kappa shape index (κ2) is 12.7. The fraction of sp³-hybridized carbons (Fsp3) is 0.500. The molecule has 0 fully saturated rings. The van der Waals surface area contributed by atoms with Gasteiger partial charge in [0.1, 0.15) is 6.10 Å². The predicted octanol–water partition coefficient (Wildman–Crippen LogP) is 2.29. The number of ether oxygens (including phenoxy) is 2. The number of allylic oxidation sites excluding steroid dienone is 2. The molecule has 1 aliphatic heterocycles. The third-order valence-corrected chi connectivity index (χ3v) is 4.58. The first-order valence-corrected chi connectivity index (χ1v) is 10.1. The van der Waals surface area contributed by atoms with Crippen molar-refractivity contribution in [3.8, 4) is 0 Å². The molecular weight excluding hydrogens is 372 g/mol. The van der Waals surface area contributed by atoms with Gasteiger partial charge in [0.25, 0.3) is 0 Å². The first-order chi connectivity index (χ1) is 14.1. The molecule has 1 aromatic carbocycles. The molecule has 2 atom stereocenters. The minimum absolute atomic E-state index is 0.0953. The van der Waals surface area contributed by atoms with Crippen LogP contribution >= 0.6 is 0 Å². The number of carbonyl (C=O) groups excluding carboxylic acids is 3. The van der Waals surface area contributed by atoms with Crippen molar-refractivity contribution in [3.05, 3.63) is 48.0 Å². The molecule has 158 valence electrons. The van der Waals surface area contributed by atoms with E-state index in [2.05, 4.69) is 10.6 Å². The summed E-state index contributed by atoms with van der Waals surface area (Å²) in [5.41, 5.74) is 0.818. The smallest absolute Gasteiger partial charge is 0.306 e. The molecule has 0 saturated carbocycles. The number of cyclic esters (lactones) is 1. The fourth-order valence-electron chi connectivity index (χ4n) is 3.02. The number of nitrogens with one attached hydrogen (secondary N) is 2. The lowest BCUT2D eigenvalue weighted by Crippen LogP contribution is -2.38. The Balaban J connectivity index is 2.01. The van der Waals surface area contributed by atoms with Gasteiger partial charge in [-0.15, -0.1) is 0 Å². The van der Waals surface area contributed by atoms with E-state index in [9.17, 15) is 14.4 Å². The van der Waals surface area contributed by atoms with Gasteiger partial charge in [-0.25, -0.2) is 0 Å². The normalized spacial score (nSPS) is 21.8. The lowest BCUT2D eigenvalue weighted by molar-refractivity contribution is -0.150. The third-order valence-electron chi connectivity index (χ3n) is 4.58. The predicted molar refractivity (Wildman–Crippen MR) is 109 cm³/mol. The van der Waals surface area contributed by atoms with Gasteiger partial charge in [-0.3, -0.25) is 14.4 Å². The van der Waals surface area contributed by atoms with Gasteiger partial charge in [0.2, 0.25) is 11.8 Å². The number of hydrogen-bond acceptors (Lipinski definition) is 5. The fourth-order valence-corrected chi connectivity index (χ4v) is 3.02. The number of esters is 1. The minimum Gasteiger partial charge on any atom is -0.456 e. The van der Waals surface area contributed by atoms with E-state index in [1.165, 1.54) is 0 Å². The Hall–Kier alpha value is -2.67. The number of rotatable bonds is 7. The summed E-state index contributed by atoms with van der Waals surface area (Å²) < 4.78 is 10.8. The Morgan fingerprint density at radius 3 is 2.79 bits per heavy atom. The van der Waals surface area contributed by atoms with Gasteiger partial charge >= 0.3 is 5.97 Å². The van der Waals surface area contributed by atoms with Gasteiger partial charge in [-0.05, 0) is 25.3 Å². The zero-order chi connectivity index (χ0) is 20.9. The average molecular weight is 402 g/mol. The van der Waals surface area contributed by atoms with E-state index >= 15 is 0 Å². The molecule has 2 N–H and O–H groups in total. The maximum Gasteiger partial charge on any atom is 0.306 e. The highest BCUT2D eigenvalue weighted by Gasteiger charge is 2.24. The molecule has 0 saturated heterocycles. The lowest BCUT2D eigenvalue weighted by atomic mass is 9.98. The molecule has 7 heteroatoms. The number of carbonyl (C=O) groups is 3. The maximum absolute atomic E-state index is 12.7. The Morgan fingerprint density at radius 2 is 2.03 bits per heavy atom. The molecule has 29 heavy (non-hydrogen) atoms. The van der Waals surface area contributed by atoms with E-state index in [1.807, 2.05) is 49.4 Å². The van der Waals surface area contributed by atoms with Gasteiger partial charge in [0.15, 0.2) is 0 Å². The van der Waals surface area contributed by atoms with Gasteiger partial charge in [0, 0.05) is 26.0 Å². The van der Waals surface area contributed by atoms with Gasteiger partial charge in [-0.2, -0.15) is 0 Å². The summed E-state index contributed by atoms with van der Waals surface area (Å²) in [4.78, 5) is 37.0. The summed E-state index contributed by atoms with van der Waals surface area (Å²) in [6, 6.07) is 9.32. The van der Waals surface area contributed by atoms with Crippen molar-refractivity contribution in [1.82, 2.24) is 10.6 Å². The highest BCUT2D eigenvalue weighted by atomic mass is 16.5. The van der Waals surface area contributed by atoms with Crippen molar-refractivity contribution >= 4 is 17.8 Å². The quantitative estimate of drug-likeness (QED) is 0.415. The van der Waals surface area contributed by atoms with E-state index < -0.39 is 12.0 Å². The van der Waals surface area contributed by atoms with Crippen LogP contribution < -0.4 is 10.6 Å². The van der Waals surface area contributed by atoms with E-state index in [-0.39, 0.29) is 37.2 Å². The number of amides is 2. The molecule has 2 rings (SSSR count). The van der Waals surface area contributed by atoms with Crippen LogP contribution in [0.5, 0.6) is 0 Å². The van der Waals surface area contributed by atoms with Crippen LogP contribution in [0.4, 0.5) is 0 Å². The van der Waals surface area contributed by atoms with E-state index in [4.69, 9.17) is 9.47 Å². The van der Waals surface area contributed by atoms with Crippen LogP contribution in [0.15, 0.2) is 42.5 Å². The summed E-state index contributed by atoms with van der Waals surface area (Å²) in [5, 5.41) is 5.62. The van der Waals surface area contributed by atoms with Crippen molar-refractivity contribution in [3.63, 3.8) is 0 Å². The van der Waals surface area contributed by atoms with Crippen LogP contribution in [-0.2, 0) is 23.9 Å².